The molecule has 1 unspecified atom stereocenters. The predicted octanol–water partition coefficient (Wildman–Crippen LogP) is 4.46. The zero-order valence-electron chi connectivity index (χ0n) is 20.2. The Labute approximate surface area is 205 Å². The van der Waals surface area contributed by atoms with Gasteiger partial charge < -0.3 is 4.57 Å². The number of carbonyl (C=O) groups is 1. The summed E-state index contributed by atoms with van der Waals surface area (Å²) in [6.07, 6.45) is 10.3. The number of fused-ring (bicyclic) bond motifs is 2. The number of hydrogen-bond acceptors (Lipinski definition) is 4. The highest BCUT2D eigenvalue weighted by atomic mass is 16.5. The average Bonchev–Trinajstić information content (AvgIpc) is 3.57. The van der Waals surface area contributed by atoms with Crippen LogP contribution in [0.25, 0.3) is 17.0 Å². The van der Waals surface area contributed by atoms with Crippen LogP contribution in [0.4, 0.5) is 0 Å². The van der Waals surface area contributed by atoms with E-state index in [-0.39, 0.29) is 0 Å². The summed E-state index contributed by atoms with van der Waals surface area (Å²) >= 11 is 0. The van der Waals surface area contributed by atoms with Crippen LogP contribution >= 0.6 is 0 Å². The third-order valence-corrected chi connectivity index (χ3v) is 7.15. The molecule has 3 N–H and O–H groups in total. The van der Waals surface area contributed by atoms with E-state index in [1.165, 1.54) is 39.2 Å². The Kier molecular flexibility index (Phi) is 6.53. The van der Waals surface area contributed by atoms with Crippen molar-refractivity contribution in [3.8, 4) is 0 Å². The second-order valence-corrected chi connectivity index (χ2v) is 9.35. The molecule has 0 radical (unpaired) electrons. The lowest BCUT2D eigenvalue weighted by Crippen LogP contribution is -2.29. The number of para-hydroxylation sites is 1. The summed E-state index contributed by atoms with van der Waals surface area (Å²) in [5, 5.41) is 17.4. The number of benzene rings is 2. The molecule has 0 saturated carbocycles. The summed E-state index contributed by atoms with van der Waals surface area (Å²) in [5.74, 6) is -0.529. The number of aryl methyl sites for hydroxylation is 3. The van der Waals surface area contributed by atoms with Crippen molar-refractivity contribution in [3.05, 3.63) is 94.4 Å². The fraction of sp³-hybridized carbons (Fsp3) is 0.286. The van der Waals surface area contributed by atoms with E-state index in [1.54, 1.807) is 11.6 Å². The van der Waals surface area contributed by atoms with Crippen molar-refractivity contribution < 1.29 is 10.0 Å². The third-order valence-electron chi connectivity index (χ3n) is 7.15. The highest BCUT2D eigenvalue weighted by molar-refractivity contribution is 5.90. The van der Waals surface area contributed by atoms with E-state index in [9.17, 15) is 4.79 Å². The van der Waals surface area contributed by atoms with E-state index in [0.717, 1.165) is 43.6 Å². The lowest BCUT2D eigenvalue weighted by molar-refractivity contribution is -0.124. The van der Waals surface area contributed by atoms with Gasteiger partial charge in [-0.3, -0.25) is 20.0 Å². The van der Waals surface area contributed by atoms with Gasteiger partial charge in [-0.25, -0.2) is 5.48 Å². The molecule has 2 aromatic heterocycles. The van der Waals surface area contributed by atoms with Gasteiger partial charge in [0.05, 0.1) is 6.20 Å². The first kappa shape index (κ1) is 23.1. The minimum atomic E-state index is -0.529. The van der Waals surface area contributed by atoms with Crippen LogP contribution in [0, 0.1) is 6.92 Å². The van der Waals surface area contributed by atoms with Gasteiger partial charge >= 0.3 is 0 Å². The van der Waals surface area contributed by atoms with Gasteiger partial charge in [-0.2, -0.15) is 5.10 Å². The van der Waals surface area contributed by atoms with Gasteiger partial charge in [0.2, 0.25) is 0 Å². The smallest absolute Gasteiger partial charge is 0.267 e. The highest BCUT2D eigenvalue weighted by Gasteiger charge is 2.28. The molecule has 0 spiro atoms. The van der Waals surface area contributed by atoms with Crippen molar-refractivity contribution in [3.63, 3.8) is 0 Å². The number of aromatic nitrogens is 3. The van der Waals surface area contributed by atoms with Crippen molar-refractivity contribution >= 4 is 22.9 Å². The molecule has 0 bridgehead atoms. The normalized spacial score (nSPS) is 15.4. The van der Waals surface area contributed by atoms with Crippen molar-refractivity contribution in [1.29, 1.82) is 0 Å². The number of hydroxylamine groups is 1. The maximum Gasteiger partial charge on any atom is 0.267 e. The molecule has 0 saturated heterocycles. The standard InChI is InChI=1S/C28H31N5O2/c1-19-23(16-29-30-19)18-33(14-13-22-17-32(2)26-6-4-3-5-24(22)26)27-11-9-21-15-20(7-10-25(21)27)8-12-28(34)31-35/h3-8,10,12,15-17,27,35H,9,11,13-14,18H2,1-2H3,(H,29,30)(H,31,34). The average molecular weight is 470 g/mol. The molecule has 0 aliphatic heterocycles. The molecular weight excluding hydrogens is 438 g/mol. The van der Waals surface area contributed by atoms with E-state index in [2.05, 4.69) is 76.2 Å². The van der Waals surface area contributed by atoms with Gasteiger partial charge in [0.15, 0.2) is 0 Å². The van der Waals surface area contributed by atoms with Gasteiger partial charge in [-0.1, -0.05) is 36.4 Å². The van der Waals surface area contributed by atoms with Gasteiger partial charge in [0.1, 0.15) is 0 Å². The van der Waals surface area contributed by atoms with Crippen LogP contribution in [0.3, 0.4) is 0 Å². The molecule has 35 heavy (non-hydrogen) atoms. The third kappa shape index (κ3) is 4.78. The highest BCUT2D eigenvalue weighted by Crippen LogP contribution is 2.37. The Morgan fingerprint density at radius 1 is 1.29 bits per heavy atom. The quantitative estimate of drug-likeness (QED) is 0.202. The zero-order valence-corrected chi connectivity index (χ0v) is 20.2. The van der Waals surface area contributed by atoms with Crippen LogP contribution in [0.15, 0.2) is 60.9 Å². The Morgan fingerprint density at radius 3 is 2.94 bits per heavy atom. The summed E-state index contributed by atoms with van der Waals surface area (Å²) in [7, 11) is 2.11. The Balaban J connectivity index is 1.40. The number of carbonyl (C=O) groups excluding carboxylic acids is 1. The SMILES string of the molecule is Cc1[nH]ncc1CN(CCc1cn(C)c2ccccc12)C1CCc2cc(C=CC(=O)NO)ccc21. The summed E-state index contributed by atoms with van der Waals surface area (Å²) in [6.45, 7) is 3.87. The van der Waals surface area contributed by atoms with Crippen molar-refractivity contribution in [1.82, 2.24) is 25.1 Å². The van der Waals surface area contributed by atoms with E-state index in [0.29, 0.717) is 6.04 Å². The van der Waals surface area contributed by atoms with Gasteiger partial charge in [-0.05, 0) is 60.6 Å². The summed E-state index contributed by atoms with van der Waals surface area (Å²) in [6, 6.07) is 15.3. The maximum absolute atomic E-state index is 11.3. The first-order valence-electron chi connectivity index (χ1n) is 12.0. The number of nitrogens with zero attached hydrogens (tertiary/aromatic N) is 3. The first-order chi connectivity index (χ1) is 17.0. The Hall–Kier alpha value is -3.68. The molecule has 1 aliphatic carbocycles. The van der Waals surface area contributed by atoms with Crippen LogP contribution in [0.5, 0.6) is 0 Å². The van der Waals surface area contributed by atoms with Gasteiger partial charge in [-0.15, -0.1) is 0 Å². The maximum atomic E-state index is 11.3. The van der Waals surface area contributed by atoms with Gasteiger partial charge in [0, 0.05) is 60.6 Å². The molecule has 2 heterocycles. The molecule has 1 amide bonds. The number of hydrogen-bond donors (Lipinski definition) is 3. The minimum absolute atomic E-state index is 0.327. The molecule has 1 atom stereocenters. The number of amides is 1. The molecule has 7 nitrogen and oxygen atoms in total. The molecule has 4 aromatic rings. The summed E-state index contributed by atoms with van der Waals surface area (Å²) in [5.41, 5.74) is 10.2. The van der Waals surface area contributed by atoms with Crippen molar-refractivity contribution in [2.75, 3.05) is 6.54 Å². The van der Waals surface area contributed by atoms with Crippen LogP contribution in [0.1, 0.15) is 46.0 Å². The Bertz CT molecular complexity index is 1380. The largest absolute Gasteiger partial charge is 0.350 e. The number of H-pyrrole nitrogens is 1. The molecule has 5 rings (SSSR count). The van der Waals surface area contributed by atoms with Crippen LogP contribution in [-0.2, 0) is 31.2 Å². The summed E-state index contributed by atoms with van der Waals surface area (Å²) in [4.78, 5) is 13.9. The van der Waals surface area contributed by atoms with E-state index < -0.39 is 5.91 Å². The van der Waals surface area contributed by atoms with E-state index in [1.807, 2.05) is 12.3 Å². The molecule has 2 aromatic carbocycles. The molecule has 7 heteroatoms. The van der Waals surface area contributed by atoms with Crippen LogP contribution in [-0.4, -0.2) is 37.3 Å². The fourth-order valence-electron chi connectivity index (χ4n) is 5.29. The second-order valence-electron chi connectivity index (χ2n) is 9.35. The summed E-state index contributed by atoms with van der Waals surface area (Å²) < 4.78 is 2.21. The Morgan fingerprint density at radius 2 is 2.14 bits per heavy atom. The lowest BCUT2D eigenvalue weighted by Gasteiger charge is -2.29. The lowest BCUT2D eigenvalue weighted by atomic mass is 10.0. The zero-order chi connectivity index (χ0) is 24.4. The van der Waals surface area contributed by atoms with Crippen molar-refractivity contribution in [2.45, 2.75) is 38.8 Å². The number of rotatable bonds is 8. The predicted molar refractivity (Wildman–Crippen MR) is 137 cm³/mol. The monoisotopic (exact) mass is 469 g/mol. The molecular formula is C28H31N5O2. The van der Waals surface area contributed by atoms with Crippen LogP contribution < -0.4 is 5.48 Å². The van der Waals surface area contributed by atoms with E-state index in [4.69, 9.17) is 5.21 Å². The molecule has 180 valence electrons. The second kappa shape index (κ2) is 9.90. The van der Waals surface area contributed by atoms with Crippen molar-refractivity contribution in [2.24, 2.45) is 7.05 Å². The first-order valence-corrected chi connectivity index (χ1v) is 12.0. The number of aromatic amines is 1. The van der Waals surface area contributed by atoms with Crippen LogP contribution in [0.2, 0.25) is 0 Å². The number of nitrogens with one attached hydrogen (secondary N) is 2. The fourth-order valence-corrected chi connectivity index (χ4v) is 5.29. The van der Waals surface area contributed by atoms with E-state index >= 15 is 0 Å². The molecule has 1 aliphatic rings. The molecule has 0 fully saturated rings. The minimum Gasteiger partial charge on any atom is -0.350 e. The topological polar surface area (TPSA) is 86.2 Å². The van der Waals surface area contributed by atoms with Gasteiger partial charge in [0.25, 0.3) is 5.91 Å².